The Kier molecular flexibility index (Phi) is 14.2. The predicted molar refractivity (Wildman–Crippen MR) is 182 cm³/mol. The molecule has 0 aliphatic rings. The fourth-order valence-electron chi connectivity index (χ4n) is 4.79. The van der Waals surface area contributed by atoms with E-state index in [9.17, 15) is 4.79 Å². The average Bonchev–Trinajstić information content (AvgIpc) is 3.00. The van der Waals surface area contributed by atoms with Gasteiger partial charge in [0.05, 0.1) is 0 Å². The maximum absolute atomic E-state index is 11.2. The Balaban J connectivity index is 0.000000246. The van der Waals surface area contributed by atoms with Crippen molar-refractivity contribution in [3.63, 3.8) is 0 Å². The topological polar surface area (TPSA) is 107 Å². The van der Waals surface area contributed by atoms with Crippen molar-refractivity contribution in [2.75, 3.05) is 26.2 Å². The van der Waals surface area contributed by atoms with E-state index in [1.165, 1.54) is 27.1 Å². The van der Waals surface area contributed by atoms with Gasteiger partial charge in [0, 0.05) is 38.3 Å². The summed E-state index contributed by atoms with van der Waals surface area (Å²) in [7, 11) is 0. The van der Waals surface area contributed by atoms with Crippen LogP contribution in [-0.4, -0.2) is 32.5 Å². The lowest BCUT2D eigenvalue weighted by Gasteiger charge is -2.12. The van der Waals surface area contributed by atoms with Gasteiger partial charge in [-0.2, -0.15) is 0 Å². The second-order valence-corrected chi connectivity index (χ2v) is 9.19. The third-order valence-corrected chi connectivity index (χ3v) is 6.60. The Bertz CT molecular complexity index is 1580. The van der Waals surface area contributed by atoms with Crippen molar-refractivity contribution in [2.45, 2.75) is 6.54 Å². The van der Waals surface area contributed by atoms with Gasteiger partial charge in [-0.3, -0.25) is 4.79 Å². The molecule has 0 saturated carbocycles. The van der Waals surface area contributed by atoms with Gasteiger partial charge < -0.3 is 22.5 Å². The zero-order chi connectivity index (χ0) is 27.5. The Labute approximate surface area is 253 Å². The molecule has 214 valence electrons. The van der Waals surface area contributed by atoms with Crippen LogP contribution in [0.5, 0.6) is 0 Å². The lowest BCUT2D eigenvalue weighted by atomic mass is 9.97. The van der Waals surface area contributed by atoms with E-state index in [-0.39, 0.29) is 24.8 Å². The molecule has 6 rings (SSSR count). The maximum atomic E-state index is 11.2. The quantitative estimate of drug-likeness (QED) is 0.0996. The highest BCUT2D eigenvalue weighted by Crippen LogP contribution is 2.29. The third kappa shape index (κ3) is 8.24. The summed E-state index contributed by atoms with van der Waals surface area (Å²) in [5.41, 5.74) is 17.5. The number of nitrogens with two attached hydrogens (primary N) is 3. The average molecular weight is 590 g/mol. The number of nitrogens with one attached hydrogen (secondary N) is 1. The number of fused-ring (bicyclic) bond motifs is 4. The molecule has 0 aromatic heterocycles. The van der Waals surface area contributed by atoms with Crippen molar-refractivity contribution < 1.29 is 4.79 Å². The first-order chi connectivity index (χ1) is 19.2. The molecule has 6 aromatic rings. The minimum atomic E-state index is 0. The molecule has 0 aliphatic carbocycles. The van der Waals surface area contributed by atoms with Gasteiger partial charge in [-0.15, -0.1) is 24.8 Å². The highest BCUT2D eigenvalue weighted by Gasteiger charge is 2.07. The summed E-state index contributed by atoms with van der Waals surface area (Å²) in [4.78, 5) is 11.2. The fraction of sp³-hybridized carbons (Fsp3) is 0.147. The van der Waals surface area contributed by atoms with Crippen molar-refractivity contribution in [2.24, 2.45) is 17.2 Å². The molecule has 0 amide bonds. The van der Waals surface area contributed by atoms with Gasteiger partial charge in [0.2, 0.25) is 0 Å². The minimum Gasteiger partial charge on any atom is -0.329 e. The van der Waals surface area contributed by atoms with Crippen LogP contribution in [0.3, 0.4) is 0 Å². The largest absolute Gasteiger partial charge is 0.329 e. The van der Waals surface area contributed by atoms with Gasteiger partial charge in [-0.05, 0) is 60.8 Å². The first-order valence-electron chi connectivity index (χ1n) is 13.3. The number of carbonyl (C=O) groups is 1. The Morgan fingerprint density at radius 3 is 1.27 bits per heavy atom. The summed E-state index contributed by atoms with van der Waals surface area (Å²) in [5, 5.41) is 12.9. The number of benzene rings is 6. The van der Waals surface area contributed by atoms with Gasteiger partial charge in [-0.25, -0.2) is 0 Å². The van der Waals surface area contributed by atoms with Crippen molar-refractivity contribution >= 4 is 74.2 Å². The highest BCUT2D eigenvalue weighted by molar-refractivity contribution is 6.12. The lowest BCUT2D eigenvalue weighted by Crippen LogP contribution is -2.22. The van der Waals surface area contributed by atoms with Crippen molar-refractivity contribution in [1.82, 2.24) is 5.32 Å². The molecule has 7 N–H and O–H groups in total. The molecule has 41 heavy (non-hydrogen) atoms. The molecule has 0 atom stereocenters. The summed E-state index contributed by atoms with van der Waals surface area (Å²) in [6.45, 7) is 3.57. The first kappa shape index (κ1) is 33.7. The van der Waals surface area contributed by atoms with Gasteiger partial charge >= 0.3 is 0 Å². The van der Waals surface area contributed by atoms with Gasteiger partial charge in [-0.1, -0.05) is 97.1 Å². The van der Waals surface area contributed by atoms with Crippen LogP contribution < -0.4 is 22.5 Å². The van der Waals surface area contributed by atoms with Crippen molar-refractivity contribution in [1.29, 1.82) is 0 Å². The van der Waals surface area contributed by atoms with E-state index < -0.39 is 0 Å². The van der Waals surface area contributed by atoms with Crippen LogP contribution in [0.25, 0.3) is 43.1 Å². The molecule has 7 heteroatoms. The molecule has 0 spiro atoms. The van der Waals surface area contributed by atoms with Crippen LogP contribution in [-0.2, 0) is 6.54 Å². The molecule has 0 fully saturated rings. The number of aldehydes is 1. The summed E-state index contributed by atoms with van der Waals surface area (Å²) >= 11 is 0. The number of halogens is 2. The van der Waals surface area contributed by atoms with Crippen LogP contribution in [0.1, 0.15) is 15.9 Å². The van der Waals surface area contributed by atoms with Crippen LogP contribution in [0.2, 0.25) is 0 Å². The Morgan fingerprint density at radius 2 is 0.902 bits per heavy atom. The molecular weight excluding hydrogens is 551 g/mol. The Morgan fingerprint density at radius 1 is 0.537 bits per heavy atom. The van der Waals surface area contributed by atoms with E-state index in [0.29, 0.717) is 19.6 Å². The third-order valence-electron chi connectivity index (χ3n) is 6.60. The summed E-state index contributed by atoms with van der Waals surface area (Å²) < 4.78 is 0. The standard InChI is InChI=1S/C17H18N2.C15H10O.C2H8N2.2ClH/c18-9-10-19-12-17-15-7-3-1-5-13(15)11-14-6-2-4-8-16(14)17;16-10-15-13-7-3-1-5-11(13)9-12-6-2-4-8-14(12)15;3-1-2-4;;/h1-8,11,19H,9-10,12,18H2;1-10H;1-4H2;2*1H. The molecule has 0 saturated heterocycles. The molecular formula is C34H38Cl2N4O. The van der Waals surface area contributed by atoms with E-state index in [1.54, 1.807) is 0 Å². The van der Waals surface area contributed by atoms with Gasteiger partial charge in [0.15, 0.2) is 6.29 Å². The molecule has 0 unspecified atom stereocenters. The van der Waals surface area contributed by atoms with E-state index in [2.05, 4.69) is 66.0 Å². The zero-order valence-electron chi connectivity index (χ0n) is 23.0. The first-order valence-corrected chi connectivity index (χ1v) is 13.3. The van der Waals surface area contributed by atoms with Crippen molar-refractivity contribution in [3.8, 4) is 0 Å². The van der Waals surface area contributed by atoms with E-state index in [0.717, 1.165) is 46.5 Å². The maximum Gasteiger partial charge on any atom is 0.151 e. The van der Waals surface area contributed by atoms with Crippen LogP contribution >= 0.6 is 24.8 Å². The normalized spacial score (nSPS) is 10.1. The lowest BCUT2D eigenvalue weighted by molar-refractivity contribution is 0.112. The SMILES string of the molecule is Cl.Cl.NCCN.NCCNCc1c2ccccc2cc2ccccc12.O=Cc1c2ccccc2cc2ccccc12. The summed E-state index contributed by atoms with van der Waals surface area (Å²) in [6, 6.07) is 37.5. The molecule has 0 radical (unpaired) electrons. The fourth-order valence-corrected chi connectivity index (χ4v) is 4.79. The predicted octanol–water partition coefficient (Wildman–Crippen LogP) is 6.59. The van der Waals surface area contributed by atoms with Crippen LogP contribution in [0, 0.1) is 0 Å². The monoisotopic (exact) mass is 588 g/mol. The van der Waals surface area contributed by atoms with Gasteiger partial charge in [0.1, 0.15) is 0 Å². The van der Waals surface area contributed by atoms with E-state index in [4.69, 9.17) is 17.2 Å². The molecule has 5 nitrogen and oxygen atoms in total. The van der Waals surface area contributed by atoms with Crippen LogP contribution in [0.4, 0.5) is 0 Å². The minimum absolute atomic E-state index is 0. The number of rotatable bonds is 6. The Hall–Kier alpha value is -3.55. The smallest absolute Gasteiger partial charge is 0.151 e. The zero-order valence-corrected chi connectivity index (χ0v) is 24.6. The summed E-state index contributed by atoms with van der Waals surface area (Å²) in [6.07, 6.45) is 0.949. The van der Waals surface area contributed by atoms with Gasteiger partial charge in [0.25, 0.3) is 0 Å². The number of hydrogen-bond donors (Lipinski definition) is 4. The summed E-state index contributed by atoms with van der Waals surface area (Å²) in [5.74, 6) is 0. The van der Waals surface area contributed by atoms with E-state index in [1.807, 2.05) is 48.5 Å². The van der Waals surface area contributed by atoms with E-state index >= 15 is 0 Å². The van der Waals surface area contributed by atoms with Crippen LogP contribution in [0.15, 0.2) is 109 Å². The number of carbonyl (C=O) groups excluding carboxylic acids is 1. The second-order valence-electron chi connectivity index (χ2n) is 9.19. The number of hydrogen-bond acceptors (Lipinski definition) is 5. The molecule has 0 bridgehead atoms. The van der Waals surface area contributed by atoms with Crippen molar-refractivity contribution in [3.05, 3.63) is 120 Å². The highest BCUT2D eigenvalue weighted by atomic mass is 35.5. The molecule has 6 aromatic carbocycles. The molecule has 0 aliphatic heterocycles. The molecule has 0 heterocycles. The second kappa shape index (κ2) is 17.3.